The van der Waals surface area contributed by atoms with Crippen LogP contribution in [0.3, 0.4) is 0 Å². The molecule has 168 valence electrons. The molecule has 1 heterocycles. The van der Waals surface area contributed by atoms with E-state index in [1.165, 1.54) is 18.2 Å². The Bertz CT molecular complexity index is 1220. The van der Waals surface area contributed by atoms with E-state index in [9.17, 15) is 17.6 Å². The average Bonchev–Trinajstić information content (AvgIpc) is 2.75. The van der Waals surface area contributed by atoms with Crippen LogP contribution < -0.4 is 26.4 Å². The smallest absolute Gasteiger partial charge is 0.315 e. The molecule has 10 nitrogen and oxygen atoms in total. The van der Waals surface area contributed by atoms with Crippen LogP contribution in [0.4, 0.5) is 32.3 Å². The summed E-state index contributed by atoms with van der Waals surface area (Å²) in [5.74, 6) is -0.715. The van der Waals surface area contributed by atoms with Gasteiger partial charge in [-0.1, -0.05) is 18.2 Å². The van der Waals surface area contributed by atoms with Gasteiger partial charge in [0.15, 0.2) is 11.6 Å². The number of urea groups is 1. The largest absolute Gasteiger partial charge is 0.338 e. The lowest BCUT2D eigenvalue weighted by Crippen LogP contribution is -2.34. The number of aromatic nitrogens is 2. The number of halogens is 1. The SMILES string of the molecule is CCNC(=O)NCc1cccc(Nc2nc(Nc3cccc(S(N)(=O)=O)c3)ncc2F)c1. The van der Waals surface area contributed by atoms with Crippen LogP contribution in [0, 0.1) is 5.82 Å². The number of hydrogen-bond acceptors (Lipinski definition) is 7. The molecule has 0 saturated carbocycles. The summed E-state index contributed by atoms with van der Waals surface area (Å²) >= 11 is 0. The van der Waals surface area contributed by atoms with E-state index in [0.29, 0.717) is 24.5 Å². The standard InChI is InChI=1S/C20H22FN7O3S/c1-2-23-20(29)25-11-13-5-3-6-14(9-13)26-18-17(21)12-24-19(28-18)27-15-7-4-8-16(10-15)32(22,30)31/h3-10,12H,2,11H2,1H3,(H2,22,30,31)(H2,23,25,29)(H2,24,26,27,28). The van der Waals surface area contributed by atoms with Gasteiger partial charge in [-0.15, -0.1) is 0 Å². The van der Waals surface area contributed by atoms with E-state index < -0.39 is 15.8 Å². The predicted octanol–water partition coefficient (Wildman–Crippen LogP) is 2.57. The van der Waals surface area contributed by atoms with Crippen molar-refractivity contribution in [2.45, 2.75) is 18.4 Å². The highest BCUT2D eigenvalue weighted by Crippen LogP contribution is 2.22. The Morgan fingerprint density at radius 2 is 1.78 bits per heavy atom. The predicted molar refractivity (Wildman–Crippen MR) is 119 cm³/mol. The summed E-state index contributed by atoms with van der Waals surface area (Å²) in [6.07, 6.45) is 0.988. The summed E-state index contributed by atoms with van der Waals surface area (Å²) in [5, 5.41) is 16.2. The number of benzene rings is 2. The monoisotopic (exact) mass is 459 g/mol. The van der Waals surface area contributed by atoms with Crippen LogP contribution in [0.15, 0.2) is 59.6 Å². The van der Waals surface area contributed by atoms with Crippen molar-refractivity contribution in [2.75, 3.05) is 17.2 Å². The number of amides is 2. The highest BCUT2D eigenvalue weighted by molar-refractivity contribution is 7.89. The zero-order valence-corrected chi connectivity index (χ0v) is 17.9. The van der Waals surface area contributed by atoms with Crippen LogP contribution >= 0.6 is 0 Å². The van der Waals surface area contributed by atoms with Gasteiger partial charge in [0.2, 0.25) is 16.0 Å². The van der Waals surface area contributed by atoms with Gasteiger partial charge in [-0.05, 0) is 42.8 Å². The molecule has 0 spiro atoms. The molecule has 0 aliphatic carbocycles. The summed E-state index contributed by atoms with van der Waals surface area (Å²) in [5.41, 5.74) is 1.72. The van der Waals surface area contributed by atoms with E-state index in [2.05, 4.69) is 31.2 Å². The minimum absolute atomic E-state index is 0.0505. The van der Waals surface area contributed by atoms with Crippen molar-refractivity contribution >= 4 is 39.2 Å². The zero-order valence-electron chi connectivity index (χ0n) is 17.1. The third-order valence-electron chi connectivity index (χ3n) is 4.14. The number of hydrogen-bond donors (Lipinski definition) is 5. The topological polar surface area (TPSA) is 151 Å². The van der Waals surface area contributed by atoms with Crippen molar-refractivity contribution in [1.29, 1.82) is 0 Å². The Balaban J connectivity index is 1.74. The maximum Gasteiger partial charge on any atom is 0.315 e. The number of nitrogens with two attached hydrogens (primary N) is 1. The van der Waals surface area contributed by atoms with Gasteiger partial charge in [0, 0.05) is 24.5 Å². The number of nitrogens with zero attached hydrogens (tertiary/aromatic N) is 2. The van der Waals surface area contributed by atoms with E-state index in [-0.39, 0.29) is 22.7 Å². The molecule has 0 bridgehead atoms. The lowest BCUT2D eigenvalue weighted by molar-refractivity contribution is 0.241. The molecule has 0 fully saturated rings. The van der Waals surface area contributed by atoms with Crippen molar-refractivity contribution in [1.82, 2.24) is 20.6 Å². The van der Waals surface area contributed by atoms with Crippen molar-refractivity contribution in [3.05, 3.63) is 66.1 Å². The number of primary sulfonamides is 1. The summed E-state index contributed by atoms with van der Waals surface area (Å²) < 4.78 is 37.3. The molecule has 0 aliphatic heterocycles. The molecule has 0 atom stereocenters. The number of carbonyl (C=O) groups is 1. The van der Waals surface area contributed by atoms with Gasteiger partial charge in [-0.2, -0.15) is 4.98 Å². The Hall–Kier alpha value is -3.77. The Morgan fingerprint density at radius 1 is 1.06 bits per heavy atom. The van der Waals surface area contributed by atoms with E-state index in [4.69, 9.17) is 5.14 Å². The number of sulfonamides is 1. The van der Waals surface area contributed by atoms with Gasteiger partial charge in [-0.3, -0.25) is 0 Å². The van der Waals surface area contributed by atoms with Gasteiger partial charge in [0.1, 0.15) is 0 Å². The first-order valence-corrected chi connectivity index (χ1v) is 11.1. The molecule has 12 heteroatoms. The molecular formula is C20H22FN7O3S. The first kappa shape index (κ1) is 22.9. The molecule has 6 N–H and O–H groups in total. The van der Waals surface area contributed by atoms with Crippen molar-refractivity contribution in [3.63, 3.8) is 0 Å². The zero-order chi connectivity index (χ0) is 23.1. The Morgan fingerprint density at radius 3 is 2.50 bits per heavy atom. The van der Waals surface area contributed by atoms with Crippen LogP contribution in [0.25, 0.3) is 0 Å². The van der Waals surface area contributed by atoms with Crippen molar-refractivity contribution in [3.8, 4) is 0 Å². The second-order valence-corrected chi connectivity index (χ2v) is 8.19. The van der Waals surface area contributed by atoms with Gasteiger partial charge in [0.25, 0.3) is 0 Å². The van der Waals surface area contributed by atoms with Crippen LogP contribution in [-0.2, 0) is 16.6 Å². The van der Waals surface area contributed by atoms with Crippen LogP contribution in [0.2, 0.25) is 0 Å². The van der Waals surface area contributed by atoms with E-state index in [1.807, 2.05) is 13.0 Å². The van der Waals surface area contributed by atoms with Crippen molar-refractivity contribution < 1.29 is 17.6 Å². The van der Waals surface area contributed by atoms with Crippen molar-refractivity contribution in [2.24, 2.45) is 5.14 Å². The van der Waals surface area contributed by atoms with E-state index in [0.717, 1.165) is 11.8 Å². The highest BCUT2D eigenvalue weighted by atomic mass is 32.2. The van der Waals surface area contributed by atoms with Crippen LogP contribution in [0.5, 0.6) is 0 Å². The fourth-order valence-electron chi connectivity index (χ4n) is 2.70. The quantitative estimate of drug-likeness (QED) is 0.347. The Kier molecular flexibility index (Phi) is 7.18. The first-order chi connectivity index (χ1) is 15.2. The molecule has 0 saturated heterocycles. The number of nitrogens with one attached hydrogen (secondary N) is 4. The molecule has 0 aliphatic rings. The molecule has 2 aromatic carbocycles. The van der Waals surface area contributed by atoms with Crippen LogP contribution in [0.1, 0.15) is 12.5 Å². The van der Waals surface area contributed by atoms with E-state index >= 15 is 0 Å². The molecule has 1 aromatic heterocycles. The first-order valence-electron chi connectivity index (χ1n) is 9.54. The van der Waals surface area contributed by atoms with E-state index in [1.54, 1.807) is 24.3 Å². The summed E-state index contributed by atoms with van der Waals surface area (Å²) in [7, 11) is -3.87. The van der Waals surface area contributed by atoms with Crippen LogP contribution in [-0.4, -0.2) is 31.0 Å². The van der Waals surface area contributed by atoms with Gasteiger partial charge in [-0.25, -0.2) is 27.7 Å². The second-order valence-electron chi connectivity index (χ2n) is 6.63. The fourth-order valence-corrected chi connectivity index (χ4v) is 3.26. The summed E-state index contributed by atoms with van der Waals surface area (Å²) in [4.78, 5) is 19.5. The van der Waals surface area contributed by atoms with Gasteiger partial charge >= 0.3 is 6.03 Å². The molecule has 3 rings (SSSR count). The third-order valence-corrected chi connectivity index (χ3v) is 5.05. The summed E-state index contributed by atoms with van der Waals surface area (Å²) in [6.45, 7) is 2.63. The molecule has 2 amide bonds. The number of rotatable bonds is 8. The lowest BCUT2D eigenvalue weighted by Gasteiger charge is -2.11. The molecule has 0 radical (unpaired) electrons. The number of anilines is 4. The molecule has 32 heavy (non-hydrogen) atoms. The summed E-state index contributed by atoms with van der Waals surface area (Å²) in [6, 6.07) is 12.5. The molecule has 3 aromatic rings. The third kappa shape index (κ3) is 6.36. The molecule has 0 unspecified atom stereocenters. The lowest BCUT2D eigenvalue weighted by atomic mass is 10.2. The maximum atomic E-state index is 14.3. The second kappa shape index (κ2) is 10.0. The van der Waals surface area contributed by atoms with Gasteiger partial charge < -0.3 is 21.3 Å². The maximum absolute atomic E-state index is 14.3. The van der Waals surface area contributed by atoms with Gasteiger partial charge in [0.05, 0.1) is 11.1 Å². The fraction of sp³-hybridized carbons (Fsp3) is 0.150. The highest BCUT2D eigenvalue weighted by Gasteiger charge is 2.11. The Labute approximate surface area is 184 Å². The minimum Gasteiger partial charge on any atom is -0.338 e. The average molecular weight is 460 g/mol. The normalized spacial score (nSPS) is 11.0. The minimum atomic E-state index is -3.87. The number of carbonyl (C=O) groups excluding carboxylic acids is 1. The molecular weight excluding hydrogens is 437 g/mol.